The quantitative estimate of drug-likeness (QED) is 0.317. The van der Waals surface area contributed by atoms with Crippen molar-refractivity contribution in [2.45, 2.75) is 60.5 Å². The number of hydroxylamine groups is 1. The van der Waals surface area contributed by atoms with Crippen LogP contribution in [0, 0.1) is 11.3 Å². The van der Waals surface area contributed by atoms with Crippen LogP contribution in [0.1, 0.15) is 54.9 Å². The Hall–Kier alpha value is -2.05. The number of carbonyl (C=O) groups excluding carboxylic acids is 1. The first-order valence-corrected chi connectivity index (χ1v) is 9.59. The van der Waals surface area contributed by atoms with Gasteiger partial charge in [0.05, 0.1) is 11.3 Å². The second-order valence-electron chi connectivity index (χ2n) is 8.36. The minimum atomic E-state index is -0.554. The number of allylic oxidation sites excluding steroid dienone is 5. The van der Waals surface area contributed by atoms with Gasteiger partial charge in [-0.1, -0.05) is 46.4 Å². The third kappa shape index (κ3) is 10.9. The van der Waals surface area contributed by atoms with Crippen LogP contribution in [0.4, 0.5) is 4.79 Å². The molecule has 3 N–H and O–H groups in total. The van der Waals surface area contributed by atoms with Crippen molar-refractivity contribution < 1.29 is 19.5 Å². The lowest BCUT2D eigenvalue weighted by atomic mass is 9.79. The minimum absolute atomic E-state index is 0.157. The highest BCUT2D eigenvalue weighted by Crippen LogP contribution is 2.30. The first-order chi connectivity index (χ1) is 12.9. The number of carbonyl (C=O) groups is 1. The fraction of sp³-hybridized carbons (Fsp3) is 0.591. The van der Waals surface area contributed by atoms with Gasteiger partial charge >= 0.3 is 6.09 Å². The van der Waals surface area contributed by atoms with Crippen LogP contribution in [-0.4, -0.2) is 30.1 Å². The SMILES string of the molecule is C=C\C=C(NO)/C(C)=C\C=C\NC(=O)OCC(C)(C)OCCC(C)(C)C(C)C. The lowest BCUT2D eigenvalue weighted by molar-refractivity contribution is -0.0667. The normalized spacial score (nSPS) is 13.8. The second-order valence-corrected chi connectivity index (χ2v) is 8.36. The van der Waals surface area contributed by atoms with Gasteiger partial charge in [-0.15, -0.1) is 0 Å². The molecule has 0 radical (unpaired) electrons. The zero-order chi connectivity index (χ0) is 21.8. The Kier molecular flexibility index (Phi) is 11.5. The van der Waals surface area contributed by atoms with E-state index in [2.05, 4.69) is 45.1 Å². The minimum Gasteiger partial charge on any atom is -0.446 e. The molecule has 0 atom stereocenters. The summed E-state index contributed by atoms with van der Waals surface area (Å²) >= 11 is 0. The van der Waals surface area contributed by atoms with Gasteiger partial charge in [0.25, 0.3) is 0 Å². The average Bonchev–Trinajstić information content (AvgIpc) is 2.61. The maximum Gasteiger partial charge on any atom is 0.411 e. The number of rotatable bonds is 12. The fourth-order valence-corrected chi connectivity index (χ4v) is 1.97. The zero-order valence-electron chi connectivity index (χ0n) is 18.5. The standard InChI is InChI=1S/C22H38N2O4/c1-9-11-19(24-26)18(4)12-10-14-23-20(25)27-16-22(7,8)28-15-13-21(5,6)17(2)3/h9-12,14,17,24,26H,1,13,15-16H2,2-8H3,(H,23,25)/b14-10+,18-12-,19-11+. The summed E-state index contributed by atoms with van der Waals surface area (Å²) in [5, 5.41) is 11.5. The first kappa shape index (κ1) is 26.0. The van der Waals surface area contributed by atoms with E-state index in [1.54, 1.807) is 24.3 Å². The molecule has 28 heavy (non-hydrogen) atoms. The summed E-state index contributed by atoms with van der Waals surface area (Å²) in [7, 11) is 0. The van der Waals surface area contributed by atoms with Crippen LogP contribution in [0.5, 0.6) is 0 Å². The van der Waals surface area contributed by atoms with Gasteiger partial charge in [0, 0.05) is 12.8 Å². The maximum atomic E-state index is 11.8. The highest BCUT2D eigenvalue weighted by atomic mass is 16.6. The van der Waals surface area contributed by atoms with Crippen molar-refractivity contribution in [2.24, 2.45) is 11.3 Å². The Morgan fingerprint density at radius 3 is 2.39 bits per heavy atom. The fourth-order valence-electron chi connectivity index (χ4n) is 1.97. The van der Waals surface area contributed by atoms with Crippen LogP contribution < -0.4 is 10.8 Å². The second kappa shape index (κ2) is 12.4. The van der Waals surface area contributed by atoms with E-state index in [9.17, 15) is 4.79 Å². The van der Waals surface area contributed by atoms with E-state index in [1.807, 2.05) is 20.8 Å². The summed E-state index contributed by atoms with van der Waals surface area (Å²) in [5.74, 6) is 0.571. The van der Waals surface area contributed by atoms with Crippen LogP contribution in [0.15, 0.2) is 48.4 Å². The maximum absolute atomic E-state index is 11.8. The predicted octanol–water partition coefficient (Wildman–Crippen LogP) is 5.09. The molecule has 0 spiro atoms. The van der Waals surface area contributed by atoms with E-state index in [-0.39, 0.29) is 12.0 Å². The van der Waals surface area contributed by atoms with Crippen molar-refractivity contribution in [3.63, 3.8) is 0 Å². The molecule has 0 fully saturated rings. The summed E-state index contributed by atoms with van der Waals surface area (Å²) in [6.45, 7) is 18.8. The molecule has 160 valence electrons. The molecule has 1 amide bonds. The van der Waals surface area contributed by atoms with Crippen LogP contribution in [0.2, 0.25) is 0 Å². The molecule has 0 unspecified atom stereocenters. The Bertz CT molecular complexity index is 587. The third-order valence-electron chi connectivity index (χ3n) is 4.83. The van der Waals surface area contributed by atoms with Gasteiger partial charge in [0.2, 0.25) is 0 Å². The molecule has 0 aromatic carbocycles. The van der Waals surface area contributed by atoms with Crippen LogP contribution in [0.25, 0.3) is 0 Å². The van der Waals surface area contributed by atoms with Gasteiger partial charge in [-0.2, -0.15) is 0 Å². The first-order valence-electron chi connectivity index (χ1n) is 9.59. The molecule has 0 saturated heterocycles. The topological polar surface area (TPSA) is 79.8 Å². The van der Waals surface area contributed by atoms with Crippen LogP contribution >= 0.6 is 0 Å². The van der Waals surface area contributed by atoms with Crippen molar-refractivity contribution in [3.05, 3.63) is 48.4 Å². The molecule has 0 aliphatic heterocycles. The average molecular weight is 395 g/mol. The number of hydrogen-bond acceptors (Lipinski definition) is 5. The van der Waals surface area contributed by atoms with Crippen molar-refractivity contribution in [2.75, 3.05) is 13.2 Å². The van der Waals surface area contributed by atoms with Crippen molar-refractivity contribution in [1.82, 2.24) is 10.8 Å². The molecule has 6 heteroatoms. The Balaban J connectivity index is 4.35. The van der Waals surface area contributed by atoms with Gasteiger partial charge in [0.1, 0.15) is 6.61 Å². The number of alkyl carbamates (subject to hydrolysis) is 1. The van der Waals surface area contributed by atoms with Gasteiger partial charge in [-0.25, -0.2) is 4.79 Å². The van der Waals surface area contributed by atoms with Crippen LogP contribution in [0.3, 0.4) is 0 Å². The summed E-state index contributed by atoms with van der Waals surface area (Å²) < 4.78 is 11.1. The van der Waals surface area contributed by atoms with Gasteiger partial charge < -0.3 is 9.47 Å². The zero-order valence-corrected chi connectivity index (χ0v) is 18.5. The molecule has 0 aromatic rings. The molecular formula is C22H38N2O4. The summed E-state index contributed by atoms with van der Waals surface area (Å²) in [6, 6.07) is 0. The number of hydrogen-bond donors (Lipinski definition) is 3. The smallest absolute Gasteiger partial charge is 0.411 e. The molecular weight excluding hydrogens is 356 g/mol. The number of nitrogens with one attached hydrogen (secondary N) is 2. The molecule has 6 nitrogen and oxygen atoms in total. The predicted molar refractivity (Wildman–Crippen MR) is 114 cm³/mol. The Morgan fingerprint density at radius 1 is 1.21 bits per heavy atom. The van der Waals surface area contributed by atoms with E-state index in [4.69, 9.17) is 14.7 Å². The monoisotopic (exact) mass is 394 g/mol. The van der Waals surface area contributed by atoms with E-state index in [1.165, 1.54) is 6.20 Å². The molecule has 0 aliphatic rings. The molecule has 0 saturated carbocycles. The lowest BCUT2D eigenvalue weighted by Crippen LogP contribution is -2.35. The van der Waals surface area contributed by atoms with E-state index >= 15 is 0 Å². The van der Waals surface area contributed by atoms with Crippen molar-refractivity contribution >= 4 is 6.09 Å². The number of ether oxygens (including phenoxy) is 2. The summed E-state index contributed by atoms with van der Waals surface area (Å²) in [4.78, 5) is 11.8. The summed E-state index contributed by atoms with van der Waals surface area (Å²) in [5.41, 5.74) is 3.02. The van der Waals surface area contributed by atoms with E-state index in [0.29, 0.717) is 18.2 Å². The lowest BCUT2D eigenvalue weighted by Gasteiger charge is -2.31. The van der Waals surface area contributed by atoms with E-state index < -0.39 is 11.7 Å². The summed E-state index contributed by atoms with van der Waals surface area (Å²) in [6.07, 6.45) is 8.41. The highest BCUT2D eigenvalue weighted by Gasteiger charge is 2.25. The Morgan fingerprint density at radius 2 is 1.86 bits per heavy atom. The molecule has 0 heterocycles. The molecule has 0 bridgehead atoms. The van der Waals surface area contributed by atoms with E-state index in [0.717, 1.165) is 12.0 Å². The van der Waals surface area contributed by atoms with Crippen molar-refractivity contribution in [3.8, 4) is 0 Å². The molecule has 0 aromatic heterocycles. The highest BCUT2D eigenvalue weighted by molar-refractivity contribution is 5.68. The third-order valence-corrected chi connectivity index (χ3v) is 4.83. The van der Waals surface area contributed by atoms with Gasteiger partial charge in [0.15, 0.2) is 0 Å². The van der Waals surface area contributed by atoms with Gasteiger partial charge in [-0.05, 0) is 56.3 Å². The molecule has 0 aliphatic carbocycles. The number of amides is 1. The van der Waals surface area contributed by atoms with Gasteiger partial charge in [-0.3, -0.25) is 16.0 Å². The van der Waals surface area contributed by atoms with Crippen LogP contribution in [-0.2, 0) is 9.47 Å². The van der Waals surface area contributed by atoms with Crippen molar-refractivity contribution in [1.29, 1.82) is 0 Å². The Labute approximate surface area is 170 Å². The molecule has 0 rings (SSSR count). The largest absolute Gasteiger partial charge is 0.446 e.